The lowest BCUT2D eigenvalue weighted by Gasteiger charge is -2.06. The predicted octanol–water partition coefficient (Wildman–Crippen LogP) is 2.46. The molecule has 0 aliphatic heterocycles. The average Bonchev–Trinajstić information content (AvgIpc) is 2.08. The second-order valence-electron chi connectivity index (χ2n) is 2.68. The molecule has 0 aliphatic carbocycles. The van der Waals surface area contributed by atoms with E-state index in [9.17, 15) is 0 Å². The maximum Gasteiger partial charge on any atom is 0.133 e. The van der Waals surface area contributed by atoms with Gasteiger partial charge in [0.2, 0.25) is 0 Å². The molecule has 0 saturated carbocycles. The molecule has 1 heterocycles. The number of pyridine rings is 1. The van der Waals surface area contributed by atoms with Crippen LogP contribution in [0.1, 0.15) is 18.1 Å². The Hall–Kier alpha value is -1.31. The molecule has 2 heteroatoms. The molecule has 0 aromatic carbocycles. The van der Waals surface area contributed by atoms with Crippen molar-refractivity contribution in [3.05, 3.63) is 30.0 Å². The molecule has 0 bridgehead atoms. The van der Waals surface area contributed by atoms with Crippen molar-refractivity contribution in [1.29, 1.82) is 0 Å². The number of aromatic nitrogens is 1. The number of hydrogen-bond acceptors (Lipinski definition) is 2. The Labute approximate surface area is 73.3 Å². The van der Waals surface area contributed by atoms with Gasteiger partial charge >= 0.3 is 0 Å². The predicted molar refractivity (Wildman–Crippen MR) is 53.2 cm³/mol. The van der Waals surface area contributed by atoms with Crippen molar-refractivity contribution >= 4 is 11.9 Å². The molecular weight excluding hydrogens is 148 g/mol. The summed E-state index contributed by atoms with van der Waals surface area (Å²) in [5.74, 6) is 0.915. The maximum atomic E-state index is 4.26. The normalized spacial score (nSPS) is 9.50. The second-order valence-corrected chi connectivity index (χ2v) is 2.68. The van der Waals surface area contributed by atoms with Crippen LogP contribution in [0.4, 0.5) is 5.82 Å². The topological polar surface area (TPSA) is 24.9 Å². The van der Waals surface area contributed by atoms with Gasteiger partial charge in [-0.25, -0.2) is 4.98 Å². The molecule has 0 unspecified atom stereocenters. The van der Waals surface area contributed by atoms with Crippen molar-refractivity contribution in [2.45, 2.75) is 13.8 Å². The molecule has 64 valence electrons. The van der Waals surface area contributed by atoms with Gasteiger partial charge in [-0.1, -0.05) is 12.7 Å². The SMILES string of the molecule is C=Cc1cc(C)cnc1NCC. The Morgan fingerprint density at radius 3 is 3.00 bits per heavy atom. The van der Waals surface area contributed by atoms with Crippen LogP contribution in [-0.2, 0) is 0 Å². The van der Waals surface area contributed by atoms with Gasteiger partial charge in [-0.15, -0.1) is 0 Å². The van der Waals surface area contributed by atoms with Gasteiger partial charge in [0.25, 0.3) is 0 Å². The molecule has 1 N–H and O–H groups in total. The van der Waals surface area contributed by atoms with Crippen LogP contribution in [0.25, 0.3) is 6.08 Å². The van der Waals surface area contributed by atoms with Crippen LogP contribution >= 0.6 is 0 Å². The zero-order valence-corrected chi connectivity index (χ0v) is 7.59. The highest BCUT2D eigenvalue weighted by Crippen LogP contribution is 2.14. The summed E-state index contributed by atoms with van der Waals surface area (Å²) in [6.07, 6.45) is 3.67. The van der Waals surface area contributed by atoms with Gasteiger partial charge in [-0.05, 0) is 25.5 Å². The first kappa shape index (κ1) is 8.78. The first-order valence-corrected chi connectivity index (χ1v) is 4.11. The summed E-state index contributed by atoms with van der Waals surface area (Å²) < 4.78 is 0. The Bertz CT molecular complexity index is 279. The van der Waals surface area contributed by atoms with Gasteiger partial charge in [0.15, 0.2) is 0 Å². The van der Waals surface area contributed by atoms with Crippen LogP contribution in [0.15, 0.2) is 18.8 Å². The monoisotopic (exact) mass is 162 g/mol. The molecular formula is C10H14N2. The summed E-state index contributed by atoms with van der Waals surface area (Å²) in [6, 6.07) is 2.07. The van der Waals surface area contributed by atoms with E-state index in [1.807, 2.05) is 19.2 Å². The van der Waals surface area contributed by atoms with Crippen LogP contribution in [0, 0.1) is 6.92 Å². The van der Waals surface area contributed by atoms with E-state index in [-0.39, 0.29) is 0 Å². The van der Waals surface area contributed by atoms with Crippen LogP contribution < -0.4 is 5.32 Å². The van der Waals surface area contributed by atoms with Gasteiger partial charge in [0.05, 0.1) is 0 Å². The fourth-order valence-electron chi connectivity index (χ4n) is 1.06. The molecule has 0 fully saturated rings. The quantitative estimate of drug-likeness (QED) is 0.738. The van der Waals surface area contributed by atoms with E-state index < -0.39 is 0 Å². The summed E-state index contributed by atoms with van der Waals surface area (Å²) in [7, 11) is 0. The largest absolute Gasteiger partial charge is 0.370 e. The minimum Gasteiger partial charge on any atom is -0.370 e. The Morgan fingerprint density at radius 2 is 2.42 bits per heavy atom. The number of nitrogens with zero attached hydrogens (tertiary/aromatic N) is 1. The summed E-state index contributed by atoms with van der Waals surface area (Å²) in [4.78, 5) is 4.26. The third-order valence-corrected chi connectivity index (χ3v) is 1.62. The van der Waals surface area contributed by atoms with Gasteiger partial charge in [0.1, 0.15) is 5.82 Å². The minimum absolute atomic E-state index is 0.886. The van der Waals surface area contributed by atoms with Crippen LogP contribution in [0.5, 0.6) is 0 Å². The average molecular weight is 162 g/mol. The van der Waals surface area contributed by atoms with Gasteiger partial charge < -0.3 is 5.32 Å². The summed E-state index contributed by atoms with van der Waals surface area (Å²) in [5.41, 5.74) is 2.23. The number of hydrogen-bond donors (Lipinski definition) is 1. The van der Waals surface area contributed by atoms with E-state index in [1.54, 1.807) is 0 Å². The van der Waals surface area contributed by atoms with E-state index >= 15 is 0 Å². The van der Waals surface area contributed by atoms with Gasteiger partial charge in [-0.2, -0.15) is 0 Å². The Kier molecular flexibility index (Phi) is 2.86. The van der Waals surface area contributed by atoms with Crippen molar-refractivity contribution in [1.82, 2.24) is 4.98 Å². The summed E-state index contributed by atoms with van der Waals surface area (Å²) in [5, 5.41) is 3.17. The molecule has 0 radical (unpaired) electrons. The van der Waals surface area contributed by atoms with Crippen molar-refractivity contribution < 1.29 is 0 Å². The second kappa shape index (κ2) is 3.90. The molecule has 0 aliphatic rings. The van der Waals surface area contributed by atoms with E-state index in [2.05, 4.69) is 29.9 Å². The van der Waals surface area contributed by atoms with Gasteiger partial charge in [-0.3, -0.25) is 0 Å². The molecule has 0 amide bonds. The standard InChI is InChI=1S/C10H14N2/c1-4-9-6-8(3)7-12-10(9)11-5-2/h4,6-7H,1,5H2,2-3H3,(H,11,12). The Morgan fingerprint density at radius 1 is 1.67 bits per heavy atom. The molecule has 0 saturated heterocycles. The zero-order valence-electron chi connectivity index (χ0n) is 7.59. The molecule has 12 heavy (non-hydrogen) atoms. The highest BCUT2D eigenvalue weighted by Gasteiger charge is 1.98. The lowest BCUT2D eigenvalue weighted by atomic mass is 10.2. The van der Waals surface area contributed by atoms with E-state index in [0.29, 0.717) is 0 Å². The lowest BCUT2D eigenvalue weighted by Crippen LogP contribution is -2.01. The third kappa shape index (κ3) is 1.84. The smallest absolute Gasteiger partial charge is 0.133 e. The fraction of sp³-hybridized carbons (Fsp3) is 0.300. The highest BCUT2D eigenvalue weighted by molar-refractivity contribution is 5.62. The minimum atomic E-state index is 0.886. The number of aryl methyl sites for hydroxylation is 1. The van der Waals surface area contributed by atoms with E-state index in [4.69, 9.17) is 0 Å². The third-order valence-electron chi connectivity index (χ3n) is 1.62. The van der Waals surface area contributed by atoms with Gasteiger partial charge in [0, 0.05) is 18.3 Å². The first-order chi connectivity index (χ1) is 5.77. The Balaban J connectivity index is 3.02. The van der Waals surface area contributed by atoms with Crippen molar-refractivity contribution in [3.63, 3.8) is 0 Å². The first-order valence-electron chi connectivity index (χ1n) is 4.11. The number of anilines is 1. The van der Waals surface area contributed by atoms with Crippen molar-refractivity contribution in [3.8, 4) is 0 Å². The van der Waals surface area contributed by atoms with Crippen LogP contribution in [0.2, 0.25) is 0 Å². The number of rotatable bonds is 3. The van der Waals surface area contributed by atoms with Crippen LogP contribution in [-0.4, -0.2) is 11.5 Å². The molecule has 1 aromatic rings. The molecule has 2 nitrogen and oxygen atoms in total. The molecule has 1 aromatic heterocycles. The van der Waals surface area contributed by atoms with E-state index in [1.165, 1.54) is 0 Å². The molecule has 0 spiro atoms. The summed E-state index contributed by atoms with van der Waals surface area (Å²) in [6.45, 7) is 8.69. The van der Waals surface area contributed by atoms with Crippen molar-refractivity contribution in [2.75, 3.05) is 11.9 Å². The van der Waals surface area contributed by atoms with Crippen LogP contribution in [0.3, 0.4) is 0 Å². The molecule has 0 atom stereocenters. The van der Waals surface area contributed by atoms with E-state index in [0.717, 1.165) is 23.5 Å². The lowest BCUT2D eigenvalue weighted by molar-refractivity contribution is 1.14. The highest BCUT2D eigenvalue weighted by atomic mass is 15.0. The van der Waals surface area contributed by atoms with Crippen molar-refractivity contribution in [2.24, 2.45) is 0 Å². The summed E-state index contributed by atoms with van der Waals surface area (Å²) >= 11 is 0. The fourth-order valence-corrected chi connectivity index (χ4v) is 1.06. The molecule has 1 rings (SSSR count). The number of nitrogens with one attached hydrogen (secondary N) is 1. The zero-order chi connectivity index (χ0) is 8.97. The maximum absolute atomic E-state index is 4.26.